The summed E-state index contributed by atoms with van der Waals surface area (Å²) in [4.78, 5) is 36.9. The van der Waals surface area contributed by atoms with E-state index in [1.165, 1.54) is 57.8 Å². The van der Waals surface area contributed by atoms with E-state index in [4.69, 9.17) is 4.74 Å². The Morgan fingerprint density at radius 3 is 1.41 bits per heavy atom. The van der Waals surface area contributed by atoms with Crippen molar-refractivity contribution < 1.29 is 38.8 Å². The van der Waals surface area contributed by atoms with E-state index in [2.05, 4.69) is 13.8 Å². The molecule has 7 nitrogen and oxygen atoms in total. The number of alkyl halides is 1. The molecule has 0 aromatic carbocycles. The molecule has 0 bridgehead atoms. The molecule has 242 valence electrons. The Bertz CT molecular complexity index is 672. The van der Waals surface area contributed by atoms with Crippen molar-refractivity contribution in [2.75, 3.05) is 6.67 Å². The van der Waals surface area contributed by atoms with Crippen molar-refractivity contribution >= 4 is 17.9 Å². The number of aliphatic carboxylic acids is 2. The number of rotatable bonds is 30. The average molecular weight is 589 g/mol. The number of carboxylic acid groups (broad SMARTS) is 2. The van der Waals surface area contributed by atoms with Crippen LogP contribution in [0.3, 0.4) is 0 Å². The van der Waals surface area contributed by atoms with Crippen LogP contribution < -0.4 is 0 Å². The molecule has 0 aromatic heterocycles. The molecule has 0 radical (unpaired) electrons. The summed E-state index contributed by atoms with van der Waals surface area (Å²) in [7, 11) is 0. The first-order valence-corrected chi connectivity index (χ1v) is 16.7. The largest absolute Gasteiger partial charge is 0.481 e. The van der Waals surface area contributed by atoms with E-state index in [0.29, 0.717) is 38.5 Å². The maximum Gasteiger partial charge on any atom is 0.337 e. The fourth-order valence-corrected chi connectivity index (χ4v) is 5.45. The third kappa shape index (κ3) is 19.9. The van der Waals surface area contributed by atoms with E-state index < -0.39 is 42.5 Å². The van der Waals surface area contributed by atoms with Gasteiger partial charge in [0, 0.05) is 0 Å². The van der Waals surface area contributed by atoms with Crippen LogP contribution >= 0.6 is 0 Å². The highest BCUT2D eigenvalue weighted by Crippen LogP contribution is 2.31. The van der Waals surface area contributed by atoms with Crippen LogP contribution in [0.25, 0.3) is 0 Å². The van der Waals surface area contributed by atoms with Gasteiger partial charge < -0.3 is 20.1 Å². The van der Waals surface area contributed by atoms with E-state index in [1.807, 2.05) is 0 Å². The van der Waals surface area contributed by atoms with Crippen LogP contribution in [0.2, 0.25) is 0 Å². The van der Waals surface area contributed by atoms with Crippen LogP contribution in [0.5, 0.6) is 0 Å². The van der Waals surface area contributed by atoms with E-state index in [0.717, 1.165) is 44.9 Å². The maximum atomic E-state index is 13.4. The molecule has 8 heteroatoms. The van der Waals surface area contributed by atoms with Crippen molar-refractivity contribution in [1.82, 2.24) is 0 Å². The lowest BCUT2D eigenvalue weighted by molar-refractivity contribution is -0.184. The number of carbonyl (C=O) groups is 3. The van der Waals surface area contributed by atoms with E-state index in [1.54, 1.807) is 0 Å². The summed E-state index contributed by atoms with van der Waals surface area (Å²) in [5, 5.41) is 30.1. The number of halogens is 1. The molecule has 0 saturated carbocycles. The van der Waals surface area contributed by atoms with Gasteiger partial charge in [-0.25, -0.2) is 4.79 Å². The zero-order valence-corrected chi connectivity index (χ0v) is 26.2. The highest BCUT2D eigenvalue weighted by atomic mass is 19.1. The molecule has 0 spiro atoms. The standard InChI is InChI=1S/C33H61FO7/c1-3-5-7-9-11-12-13-16-20-24-28(23-19-15-10-8-6-4-2)41-31(37)29(25-21-17-14-18-22-26-34)33(40,32(38)39)27-30(35)36/h28-29,40H,3-27H2,1-2H3,(H,35,36)(H,38,39). The summed E-state index contributed by atoms with van der Waals surface area (Å²) >= 11 is 0. The second-order valence-electron chi connectivity index (χ2n) is 11.8. The van der Waals surface area contributed by atoms with Gasteiger partial charge in [0.2, 0.25) is 0 Å². The van der Waals surface area contributed by atoms with Gasteiger partial charge >= 0.3 is 17.9 Å². The van der Waals surface area contributed by atoms with E-state index in [9.17, 15) is 34.1 Å². The second kappa shape index (κ2) is 26.0. The monoisotopic (exact) mass is 588 g/mol. The molecule has 3 N–H and O–H groups in total. The quantitative estimate of drug-likeness (QED) is 0.0566. The number of esters is 1. The summed E-state index contributed by atoms with van der Waals surface area (Å²) < 4.78 is 18.3. The van der Waals surface area contributed by atoms with Crippen molar-refractivity contribution in [3.8, 4) is 0 Å². The highest BCUT2D eigenvalue weighted by Gasteiger charge is 2.50. The number of carboxylic acids is 2. The number of hydrogen-bond acceptors (Lipinski definition) is 5. The lowest BCUT2D eigenvalue weighted by Gasteiger charge is -2.31. The molecule has 3 unspecified atom stereocenters. The number of unbranched alkanes of at least 4 members (excludes halogenated alkanes) is 17. The molecule has 0 aliphatic rings. The number of ether oxygens (including phenoxy) is 1. The summed E-state index contributed by atoms with van der Waals surface area (Å²) in [5.41, 5.74) is -2.75. The number of hydrogen-bond donors (Lipinski definition) is 3. The Morgan fingerprint density at radius 2 is 1.02 bits per heavy atom. The van der Waals surface area contributed by atoms with Crippen LogP contribution in [-0.4, -0.2) is 51.6 Å². The van der Waals surface area contributed by atoms with Crippen molar-refractivity contribution in [2.24, 2.45) is 5.92 Å². The predicted octanol–water partition coefficient (Wildman–Crippen LogP) is 8.79. The SMILES string of the molecule is CCCCCCCCCCCC(CCCCCCCC)OC(=O)C(CCCCCCCF)C(O)(CC(=O)O)C(=O)O. The van der Waals surface area contributed by atoms with Gasteiger partial charge in [-0.3, -0.25) is 14.0 Å². The van der Waals surface area contributed by atoms with Crippen molar-refractivity contribution in [2.45, 2.75) is 180 Å². The maximum absolute atomic E-state index is 13.4. The minimum Gasteiger partial charge on any atom is -0.481 e. The number of aliphatic hydroxyl groups is 1. The van der Waals surface area contributed by atoms with Gasteiger partial charge in [0.1, 0.15) is 6.10 Å². The summed E-state index contributed by atoms with van der Waals surface area (Å²) in [6, 6.07) is 0. The van der Waals surface area contributed by atoms with Crippen LogP contribution in [0.4, 0.5) is 4.39 Å². The average Bonchev–Trinajstić information content (AvgIpc) is 2.92. The summed E-state index contributed by atoms with van der Waals surface area (Å²) in [5.74, 6) is -5.53. The molecular formula is C33H61FO7. The molecule has 3 atom stereocenters. The highest BCUT2D eigenvalue weighted by molar-refractivity contribution is 5.90. The molecule has 0 rings (SSSR count). The normalized spacial score (nSPS) is 14.3. The molecule has 0 aromatic rings. The Morgan fingerprint density at radius 1 is 0.634 bits per heavy atom. The topological polar surface area (TPSA) is 121 Å². The third-order valence-corrected chi connectivity index (χ3v) is 8.07. The fraction of sp³-hybridized carbons (Fsp3) is 0.909. The fourth-order valence-electron chi connectivity index (χ4n) is 5.45. The van der Waals surface area contributed by atoms with Gasteiger partial charge in [-0.1, -0.05) is 123 Å². The van der Waals surface area contributed by atoms with Gasteiger partial charge in [-0.15, -0.1) is 0 Å². The number of carbonyl (C=O) groups excluding carboxylic acids is 1. The lowest BCUT2D eigenvalue weighted by Crippen LogP contribution is -2.51. The second-order valence-corrected chi connectivity index (χ2v) is 11.8. The molecule has 0 amide bonds. The summed E-state index contributed by atoms with van der Waals surface area (Å²) in [6.07, 6.45) is 20.0. The predicted molar refractivity (Wildman–Crippen MR) is 162 cm³/mol. The zero-order chi connectivity index (χ0) is 30.8. The first-order chi connectivity index (χ1) is 19.7. The van der Waals surface area contributed by atoms with Gasteiger partial charge in [0.05, 0.1) is 19.0 Å². The van der Waals surface area contributed by atoms with E-state index >= 15 is 0 Å². The first-order valence-electron chi connectivity index (χ1n) is 16.7. The van der Waals surface area contributed by atoms with Gasteiger partial charge in [0.15, 0.2) is 5.60 Å². The van der Waals surface area contributed by atoms with E-state index in [-0.39, 0.29) is 12.5 Å². The Balaban J connectivity index is 5.26. The van der Waals surface area contributed by atoms with Crippen LogP contribution in [-0.2, 0) is 19.1 Å². The van der Waals surface area contributed by atoms with Crippen LogP contribution in [0.15, 0.2) is 0 Å². The Kier molecular flexibility index (Phi) is 24.9. The van der Waals surface area contributed by atoms with Crippen molar-refractivity contribution in [3.05, 3.63) is 0 Å². The summed E-state index contributed by atoms with van der Waals surface area (Å²) in [6.45, 7) is 3.98. The Labute approximate surface area is 249 Å². The van der Waals surface area contributed by atoms with Gasteiger partial charge in [-0.2, -0.15) is 0 Å². The zero-order valence-electron chi connectivity index (χ0n) is 26.2. The molecule has 0 aliphatic heterocycles. The molecular weight excluding hydrogens is 527 g/mol. The van der Waals surface area contributed by atoms with Crippen LogP contribution in [0.1, 0.15) is 168 Å². The minimum atomic E-state index is -2.75. The smallest absolute Gasteiger partial charge is 0.337 e. The van der Waals surface area contributed by atoms with Crippen molar-refractivity contribution in [3.63, 3.8) is 0 Å². The molecule has 41 heavy (non-hydrogen) atoms. The Hall–Kier alpha value is -1.70. The third-order valence-electron chi connectivity index (χ3n) is 8.07. The molecule has 0 fully saturated rings. The minimum absolute atomic E-state index is 0.00626. The van der Waals surface area contributed by atoms with Crippen molar-refractivity contribution in [1.29, 1.82) is 0 Å². The molecule has 0 aliphatic carbocycles. The van der Waals surface area contributed by atoms with Crippen LogP contribution in [0, 0.1) is 5.92 Å². The van der Waals surface area contributed by atoms with Gasteiger partial charge in [0.25, 0.3) is 0 Å². The lowest BCUT2D eigenvalue weighted by atomic mass is 9.80. The molecule has 0 saturated heterocycles. The van der Waals surface area contributed by atoms with Gasteiger partial charge in [-0.05, 0) is 38.5 Å². The molecule has 0 heterocycles. The first kappa shape index (κ1) is 39.3.